The third kappa shape index (κ3) is 1.72. The zero-order valence-corrected chi connectivity index (χ0v) is 10.1. The van der Waals surface area contributed by atoms with Crippen LogP contribution in [0.4, 0.5) is 5.69 Å². The van der Waals surface area contributed by atoms with E-state index in [0.717, 1.165) is 12.3 Å². The zero-order valence-electron chi connectivity index (χ0n) is 9.28. The van der Waals surface area contributed by atoms with Gasteiger partial charge in [-0.3, -0.25) is 0 Å². The monoisotopic (exact) mass is 221 g/mol. The van der Waals surface area contributed by atoms with Crippen LogP contribution in [0.15, 0.2) is 34.2 Å². The Balaban J connectivity index is 2.45. The first-order valence-electron chi connectivity index (χ1n) is 5.10. The van der Waals surface area contributed by atoms with Crippen LogP contribution in [0.25, 0.3) is 0 Å². The summed E-state index contributed by atoms with van der Waals surface area (Å²) in [4.78, 5) is 3.62. The summed E-state index contributed by atoms with van der Waals surface area (Å²) in [5.74, 6) is 0.921. The number of rotatable bonds is 2. The quantitative estimate of drug-likeness (QED) is 0.758. The molecule has 0 N–H and O–H groups in total. The van der Waals surface area contributed by atoms with E-state index in [0.29, 0.717) is 0 Å². The minimum Gasteiger partial charge on any atom is -0.497 e. The van der Waals surface area contributed by atoms with Crippen LogP contribution in [0.5, 0.6) is 5.75 Å². The molecule has 2 rings (SSSR count). The number of benzene rings is 1. The number of ether oxygens (including phenoxy) is 1. The normalized spacial score (nSPS) is 17.0. The molecule has 0 aromatic heterocycles. The number of fused-ring (bicyclic) bond motifs is 1. The van der Waals surface area contributed by atoms with Gasteiger partial charge in [-0.05, 0) is 26.0 Å². The number of anilines is 1. The maximum Gasteiger partial charge on any atom is 0.121 e. The summed E-state index contributed by atoms with van der Waals surface area (Å²) in [6.45, 7) is 5.24. The molecule has 0 amide bonds. The Morgan fingerprint density at radius 1 is 1.47 bits per heavy atom. The fourth-order valence-electron chi connectivity index (χ4n) is 1.75. The molecule has 0 bridgehead atoms. The molecule has 0 saturated carbocycles. The first kappa shape index (κ1) is 10.4. The molecule has 0 saturated heterocycles. The molecule has 1 aromatic rings. The lowest BCUT2D eigenvalue weighted by atomic mass is 10.2. The Morgan fingerprint density at radius 2 is 2.27 bits per heavy atom. The highest BCUT2D eigenvalue weighted by Crippen LogP contribution is 2.46. The third-order valence-electron chi connectivity index (χ3n) is 2.50. The van der Waals surface area contributed by atoms with Crippen LogP contribution in [0, 0.1) is 0 Å². The predicted molar refractivity (Wildman–Crippen MR) is 65.6 cm³/mol. The van der Waals surface area contributed by atoms with E-state index in [-0.39, 0.29) is 0 Å². The van der Waals surface area contributed by atoms with E-state index in [1.165, 1.54) is 15.6 Å². The summed E-state index contributed by atoms with van der Waals surface area (Å²) in [7, 11) is 1.71. The highest BCUT2D eigenvalue weighted by atomic mass is 32.2. The molecule has 0 radical (unpaired) electrons. The molecule has 2 nitrogen and oxygen atoms in total. The molecule has 80 valence electrons. The van der Waals surface area contributed by atoms with Crippen molar-refractivity contribution in [3.63, 3.8) is 0 Å². The number of hydrogen-bond acceptors (Lipinski definition) is 3. The topological polar surface area (TPSA) is 12.5 Å². The van der Waals surface area contributed by atoms with Crippen LogP contribution < -0.4 is 9.64 Å². The number of allylic oxidation sites excluding steroid dienone is 1. The van der Waals surface area contributed by atoms with Gasteiger partial charge in [-0.2, -0.15) is 0 Å². The van der Waals surface area contributed by atoms with E-state index >= 15 is 0 Å². The molecule has 1 aromatic carbocycles. The maximum absolute atomic E-state index is 5.25. The first-order valence-corrected chi connectivity index (χ1v) is 5.91. The second-order valence-corrected chi connectivity index (χ2v) is 4.37. The summed E-state index contributed by atoms with van der Waals surface area (Å²) in [6, 6.07) is 6.23. The summed E-state index contributed by atoms with van der Waals surface area (Å²) in [6.07, 6.45) is 2.15. The Morgan fingerprint density at radius 3 is 2.87 bits per heavy atom. The van der Waals surface area contributed by atoms with Gasteiger partial charge in [-0.1, -0.05) is 17.8 Å². The highest BCUT2D eigenvalue weighted by Gasteiger charge is 2.23. The molecule has 0 atom stereocenters. The van der Waals surface area contributed by atoms with Gasteiger partial charge in [0.15, 0.2) is 0 Å². The van der Waals surface area contributed by atoms with E-state index in [9.17, 15) is 0 Å². The third-order valence-corrected chi connectivity index (χ3v) is 3.73. The molecule has 1 heterocycles. The van der Waals surface area contributed by atoms with Gasteiger partial charge in [-0.15, -0.1) is 0 Å². The van der Waals surface area contributed by atoms with Gasteiger partial charge in [0.05, 0.1) is 17.8 Å². The molecule has 0 unspecified atom stereocenters. The van der Waals surface area contributed by atoms with E-state index in [4.69, 9.17) is 4.74 Å². The standard InChI is InChI=1S/C12H15NOS/c1-4-12-13(5-2)10-8-9(14-3)6-7-11(10)15-12/h4,6-8H,5H2,1-3H3/b12-4+. The first-order chi connectivity index (χ1) is 7.30. The van der Waals surface area contributed by atoms with Crippen molar-refractivity contribution < 1.29 is 4.74 Å². The van der Waals surface area contributed by atoms with Crippen molar-refractivity contribution in [2.45, 2.75) is 18.7 Å². The molecule has 1 aliphatic heterocycles. The Hall–Kier alpha value is -1.09. The highest BCUT2D eigenvalue weighted by molar-refractivity contribution is 8.03. The Labute approximate surface area is 94.9 Å². The number of nitrogens with zero attached hydrogens (tertiary/aromatic N) is 1. The van der Waals surface area contributed by atoms with Crippen molar-refractivity contribution in [3.05, 3.63) is 29.3 Å². The maximum atomic E-state index is 5.25. The zero-order chi connectivity index (χ0) is 10.8. The van der Waals surface area contributed by atoms with Crippen LogP contribution in [0.3, 0.4) is 0 Å². The second-order valence-electron chi connectivity index (χ2n) is 3.31. The fourth-order valence-corrected chi connectivity index (χ4v) is 2.84. The van der Waals surface area contributed by atoms with E-state index in [1.807, 2.05) is 17.8 Å². The summed E-state index contributed by atoms with van der Waals surface area (Å²) in [5, 5.41) is 1.31. The van der Waals surface area contributed by atoms with Gasteiger partial charge in [0, 0.05) is 17.5 Å². The molecule has 0 spiro atoms. The fraction of sp³-hybridized carbons (Fsp3) is 0.333. The lowest BCUT2D eigenvalue weighted by Gasteiger charge is -2.17. The van der Waals surface area contributed by atoms with Gasteiger partial charge < -0.3 is 9.64 Å². The predicted octanol–water partition coefficient (Wildman–Crippen LogP) is 3.49. The average molecular weight is 221 g/mol. The minimum absolute atomic E-state index is 0.921. The molecular weight excluding hydrogens is 206 g/mol. The van der Waals surface area contributed by atoms with Crippen molar-refractivity contribution in [1.82, 2.24) is 0 Å². The van der Waals surface area contributed by atoms with Crippen LogP contribution >= 0.6 is 11.8 Å². The van der Waals surface area contributed by atoms with Gasteiger partial charge in [0.2, 0.25) is 0 Å². The smallest absolute Gasteiger partial charge is 0.121 e. The van der Waals surface area contributed by atoms with Crippen molar-refractivity contribution in [3.8, 4) is 5.75 Å². The molecule has 0 aliphatic carbocycles. The summed E-state index contributed by atoms with van der Waals surface area (Å²) >= 11 is 1.82. The van der Waals surface area contributed by atoms with Crippen molar-refractivity contribution in [1.29, 1.82) is 0 Å². The molecule has 3 heteroatoms. The van der Waals surface area contributed by atoms with Crippen LogP contribution in [0.1, 0.15) is 13.8 Å². The lowest BCUT2D eigenvalue weighted by molar-refractivity contribution is 0.414. The van der Waals surface area contributed by atoms with E-state index in [2.05, 4.69) is 37.0 Å². The van der Waals surface area contributed by atoms with Crippen molar-refractivity contribution in [2.24, 2.45) is 0 Å². The van der Waals surface area contributed by atoms with E-state index in [1.54, 1.807) is 7.11 Å². The van der Waals surface area contributed by atoms with Crippen LogP contribution in [-0.2, 0) is 0 Å². The van der Waals surface area contributed by atoms with E-state index < -0.39 is 0 Å². The molecule has 0 fully saturated rings. The van der Waals surface area contributed by atoms with Crippen LogP contribution in [-0.4, -0.2) is 13.7 Å². The number of methoxy groups -OCH3 is 1. The molecule has 15 heavy (non-hydrogen) atoms. The molecular formula is C12H15NOS. The SMILES string of the molecule is C/C=C1/Sc2ccc(OC)cc2N1CC. The Bertz CT molecular complexity index is 401. The largest absolute Gasteiger partial charge is 0.497 e. The second kappa shape index (κ2) is 4.19. The lowest BCUT2D eigenvalue weighted by Crippen LogP contribution is -2.16. The summed E-state index contributed by atoms with van der Waals surface area (Å²) in [5.41, 5.74) is 1.26. The number of hydrogen-bond donors (Lipinski definition) is 0. The van der Waals surface area contributed by atoms with Gasteiger partial charge >= 0.3 is 0 Å². The molecule has 1 aliphatic rings. The Kier molecular flexibility index (Phi) is 2.91. The minimum atomic E-state index is 0.921. The van der Waals surface area contributed by atoms with Crippen molar-refractivity contribution >= 4 is 17.4 Å². The van der Waals surface area contributed by atoms with Gasteiger partial charge in [0.1, 0.15) is 5.75 Å². The van der Waals surface area contributed by atoms with Gasteiger partial charge in [-0.25, -0.2) is 0 Å². The average Bonchev–Trinajstić information content (AvgIpc) is 2.65. The summed E-state index contributed by atoms with van der Waals surface area (Å²) < 4.78 is 5.25. The van der Waals surface area contributed by atoms with Gasteiger partial charge in [0.25, 0.3) is 0 Å². The number of thioether (sulfide) groups is 1. The van der Waals surface area contributed by atoms with Crippen LogP contribution in [0.2, 0.25) is 0 Å². The van der Waals surface area contributed by atoms with Crippen molar-refractivity contribution in [2.75, 3.05) is 18.6 Å².